The molecule has 0 fully saturated rings. The normalized spacial score (nSPS) is 10.1. The van der Waals surface area contributed by atoms with E-state index in [1.165, 1.54) is 12.1 Å². The van der Waals surface area contributed by atoms with Crippen LogP contribution in [0, 0.1) is 13.8 Å². The smallest absolute Gasteiger partial charge is 0.262 e. The molecular formula is C17H16NO4-. The van der Waals surface area contributed by atoms with Crippen molar-refractivity contribution >= 4 is 17.6 Å². The van der Waals surface area contributed by atoms with E-state index in [2.05, 4.69) is 5.32 Å². The van der Waals surface area contributed by atoms with Crippen LogP contribution in [-0.2, 0) is 4.79 Å². The van der Waals surface area contributed by atoms with Gasteiger partial charge >= 0.3 is 0 Å². The number of amides is 1. The summed E-state index contributed by atoms with van der Waals surface area (Å²) in [5.41, 5.74) is 2.20. The van der Waals surface area contributed by atoms with E-state index in [0.29, 0.717) is 5.75 Å². The van der Waals surface area contributed by atoms with Crippen molar-refractivity contribution in [3.8, 4) is 5.75 Å². The van der Waals surface area contributed by atoms with Gasteiger partial charge in [0.2, 0.25) is 0 Å². The molecule has 0 saturated heterocycles. The van der Waals surface area contributed by atoms with Crippen LogP contribution in [0.15, 0.2) is 42.5 Å². The number of anilines is 1. The molecule has 114 valence electrons. The van der Waals surface area contributed by atoms with E-state index in [1.54, 1.807) is 12.1 Å². The van der Waals surface area contributed by atoms with Crippen molar-refractivity contribution < 1.29 is 19.4 Å². The Kier molecular flexibility index (Phi) is 4.78. The number of aryl methyl sites for hydroxylation is 2. The van der Waals surface area contributed by atoms with Gasteiger partial charge in [0.05, 0.1) is 5.97 Å². The molecule has 2 aromatic rings. The number of carbonyl (C=O) groups excluding carboxylic acids is 2. The number of nitrogens with one attached hydrogen (secondary N) is 1. The Balaban J connectivity index is 2.00. The van der Waals surface area contributed by atoms with Gasteiger partial charge in [-0.2, -0.15) is 0 Å². The third-order valence-corrected chi connectivity index (χ3v) is 2.99. The molecule has 0 aliphatic rings. The van der Waals surface area contributed by atoms with Crippen molar-refractivity contribution in [2.24, 2.45) is 0 Å². The Bertz CT molecular complexity index is 689. The summed E-state index contributed by atoms with van der Waals surface area (Å²) in [6.07, 6.45) is 0. The Morgan fingerprint density at radius 1 is 1.09 bits per heavy atom. The first-order valence-corrected chi connectivity index (χ1v) is 6.77. The van der Waals surface area contributed by atoms with Crippen molar-refractivity contribution in [3.63, 3.8) is 0 Å². The highest BCUT2D eigenvalue weighted by Crippen LogP contribution is 2.17. The fourth-order valence-electron chi connectivity index (χ4n) is 2.12. The van der Waals surface area contributed by atoms with Gasteiger partial charge in [-0.05, 0) is 43.2 Å². The van der Waals surface area contributed by atoms with Crippen LogP contribution in [0.4, 0.5) is 5.69 Å². The molecule has 0 aromatic heterocycles. The van der Waals surface area contributed by atoms with Crippen molar-refractivity contribution in [1.29, 1.82) is 0 Å². The minimum Gasteiger partial charge on any atom is -0.545 e. The van der Waals surface area contributed by atoms with Gasteiger partial charge in [-0.25, -0.2) is 0 Å². The van der Waals surface area contributed by atoms with Crippen LogP contribution < -0.4 is 15.2 Å². The molecule has 1 N–H and O–H groups in total. The van der Waals surface area contributed by atoms with Crippen LogP contribution >= 0.6 is 0 Å². The van der Waals surface area contributed by atoms with E-state index in [0.717, 1.165) is 11.1 Å². The van der Waals surface area contributed by atoms with Crippen LogP contribution in [0.2, 0.25) is 0 Å². The largest absolute Gasteiger partial charge is 0.545 e. The number of hydrogen-bond acceptors (Lipinski definition) is 4. The third kappa shape index (κ3) is 4.09. The van der Waals surface area contributed by atoms with E-state index in [9.17, 15) is 14.7 Å². The monoisotopic (exact) mass is 298 g/mol. The summed E-state index contributed by atoms with van der Waals surface area (Å²) >= 11 is 0. The van der Waals surface area contributed by atoms with Crippen LogP contribution in [0.3, 0.4) is 0 Å². The predicted molar refractivity (Wildman–Crippen MR) is 80.8 cm³/mol. The molecule has 1 amide bonds. The van der Waals surface area contributed by atoms with Gasteiger partial charge in [-0.3, -0.25) is 4.79 Å². The van der Waals surface area contributed by atoms with Crippen molar-refractivity contribution in [1.82, 2.24) is 0 Å². The first kappa shape index (κ1) is 15.6. The lowest BCUT2D eigenvalue weighted by Crippen LogP contribution is -2.26. The number of para-hydroxylation sites is 1. The lowest BCUT2D eigenvalue weighted by atomic mass is 10.1. The fraction of sp³-hybridized carbons (Fsp3) is 0.176. The number of carboxylic acid groups (broad SMARTS) is 1. The summed E-state index contributed by atoms with van der Waals surface area (Å²) in [4.78, 5) is 22.8. The molecule has 22 heavy (non-hydrogen) atoms. The zero-order chi connectivity index (χ0) is 16.1. The number of benzene rings is 2. The number of carboxylic acids is 1. The summed E-state index contributed by atoms with van der Waals surface area (Å²) in [6, 6.07) is 11.7. The first-order valence-electron chi connectivity index (χ1n) is 6.77. The van der Waals surface area contributed by atoms with E-state index in [4.69, 9.17) is 4.74 Å². The van der Waals surface area contributed by atoms with Crippen LogP contribution in [-0.4, -0.2) is 18.5 Å². The Morgan fingerprint density at radius 2 is 1.73 bits per heavy atom. The van der Waals surface area contributed by atoms with E-state index in [1.807, 2.05) is 32.0 Å². The average molecular weight is 298 g/mol. The highest BCUT2D eigenvalue weighted by Gasteiger charge is 2.08. The van der Waals surface area contributed by atoms with E-state index < -0.39 is 11.9 Å². The minimum atomic E-state index is -1.34. The first-order chi connectivity index (χ1) is 10.5. The molecule has 0 heterocycles. The van der Waals surface area contributed by atoms with Crippen LogP contribution in [0.1, 0.15) is 21.5 Å². The van der Waals surface area contributed by atoms with Crippen molar-refractivity contribution in [3.05, 3.63) is 59.2 Å². The minimum absolute atomic E-state index is 0.0674. The molecule has 0 aliphatic heterocycles. The zero-order valence-electron chi connectivity index (χ0n) is 12.4. The third-order valence-electron chi connectivity index (χ3n) is 2.99. The van der Waals surface area contributed by atoms with Crippen LogP contribution in [0.25, 0.3) is 0 Å². The molecule has 5 heteroatoms. The SMILES string of the molecule is Cc1cc(C)cc(OCC(=O)Nc2ccccc2C(=O)[O-])c1. The molecule has 0 saturated carbocycles. The van der Waals surface area contributed by atoms with E-state index >= 15 is 0 Å². The van der Waals surface area contributed by atoms with Gasteiger partial charge in [0.1, 0.15) is 5.75 Å². The van der Waals surface area contributed by atoms with Crippen molar-refractivity contribution in [2.75, 3.05) is 11.9 Å². The lowest BCUT2D eigenvalue weighted by molar-refractivity contribution is -0.254. The molecule has 0 aliphatic carbocycles. The number of rotatable bonds is 5. The second-order valence-corrected chi connectivity index (χ2v) is 4.99. The van der Waals surface area contributed by atoms with Crippen molar-refractivity contribution in [2.45, 2.75) is 13.8 Å². The summed E-state index contributed by atoms with van der Waals surface area (Å²) < 4.78 is 5.43. The Labute approximate surface area is 128 Å². The quantitative estimate of drug-likeness (QED) is 0.911. The van der Waals surface area contributed by atoms with Gasteiger partial charge in [0, 0.05) is 11.3 Å². The topological polar surface area (TPSA) is 78.5 Å². The maximum absolute atomic E-state index is 11.9. The highest BCUT2D eigenvalue weighted by atomic mass is 16.5. The second kappa shape index (κ2) is 6.76. The Hall–Kier alpha value is -2.82. The zero-order valence-corrected chi connectivity index (χ0v) is 12.4. The number of carbonyl (C=O) groups is 2. The van der Waals surface area contributed by atoms with Gasteiger partial charge in [0.15, 0.2) is 6.61 Å². The molecule has 0 radical (unpaired) electrons. The fourth-order valence-corrected chi connectivity index (χ4v) is 2.12. The highest BCUT2D eigenvalue weighted by molar-refractivity contribution is 6.00. The average Bonchev–Trinajstić information content (AvgIpc) is 2.44. The standard InChI is InChI=1S/C17H17NO4/c1-11-7-12(2)9-13(8-11)22-10-16(19)18-15-6-4-3-5-14(15)17(20)21/h3-9H,10H2,1-2H3,(H,18,19)(H,20,21)/p-1. The number of hydrogen-bond donors (Lipinski definition) is 1. The maximum atomic E-state index is 11.9. The predicted octanol–water partition coefficient (Wildman–Crippen LogP) is 1.68. The summed E-state index contributed by atoms with van der Waals surface area (Å²) in [6.45, 7) is 3.68. The molecular weight excluding hydrogens is 282 g/mol. The summed E-state index contributed by atoms with van der Waals surface area (Å²) in [5.74, 6) is -1.18. The molecule has 2 aromatic carbocycles. The second-order valence-electron chi connectivity index (χ2n) is 4.99. The van der Waals surface area contributed by atoms with Gasteiger partial charge in [0.25, 0.3) is 5.91 Å². The molecule has 0 bridgehead atoms. The lowest BCUT2D eigenvalue weighted by Gasteiger charge is -2.12. The summed E-state index contributed by atoms with van der Waals surface area (Å²) in [5, 5.41) is 13.5. The molecule has 2 rings (SSSR count). The molecule has 0 unspecified atom stereocenters. The maximum Gasteiger partial charge on any atom is 0.262 e. The molecule has 5 nitrogen and oxygen atoms in total. The number of aromatic carboxylic acids is 1. The van der Waals surface area contributed by atoms with E-state index in [-0.39, 0.29) is 17.9 Å². The molecule has 0 spiro atoms. The molecule has 0 atom stereocenters. The van der Waals surface area contributed by atoms with Crippen LogP contribution in [0.5, 0.6) is 5.75 Å². The number of ether oxygens (including phenoxy) is 1. The van der Waals surface area contributed by atoms with Gasteiger partial charge in [-0.1, -0.05) is 24.3 Å². The summed E-state index contributed by atoms with van der Waals surface area (Å²) in [7, 11) is 0. The van der Waals surface area contributed by atoms with Gasteiger partial charge < -0.3 is 20.0 Å². The van der Waals surface area contributed by atoms with Gasteiger partial charge in [-0.15, -0.1) is 0 Å². The Morgan fingerprint density at radius 3 is 2.36 bits per heavy atom.